The minimum absolute atomic E-state index is 0.0678. The Morgan fingerprint density at radius 3 is 2.71 bits per heavy atom. The maximum Gasteiger partial charge on any atom is 0.303 e. The number of hydrogen-bond acceptors (Lipinski definition) is 2. The third kappa shape index (κ3) is 4.48. The van der Waals surface area contributed by atoms with Crippen molar-refractivity contribution in [1.29, 1.82) is 0 Å². The molecule has 3 N–H and O–H groups in total. The molecule has 0 aliphatic carbocycles. The van der Waals surface area contributed by atoms with Gasteiger partial charge in [-0.25, -0.2) is 8.78 Å². The molecule has 0 fully saturated rings. The fourth-order valence-electron chi connectivity index (χ4n) is 1.59. The zero-order chi connectivity index (χ0) is 12.8. The van der Waals surface area contributed by atoms with Crippen LogP contribution in [0.25, 0.3) is 0 Å². The lowest BCUT2D eigenvalue weighted by atomic mass is 10.0. The summed E-state index contributed by atoms with van der Waals surface area (Å²) in [4.78, 5) is 10.3. The molecule has 0 radical (unpaired) electrons. The molecule has 94 valence electrons. The third-order valence-corrected chi connectivity index (χ3v) is 2.51. The second-order valence-corrected chi connectivity index (χ2v) is 3.91. The number of halogens is 2. The van der Waals surface area contributed by atoms with Gasteiger partial charge in [0, 0.05) is 18.0 Å². The first kappa shape index (κ1) is 13.6. The highest BCUT2D eigenvalue weighted by Crippen LogP contribution is 2.21. The Labute approximate surface area is 98.2 Å². The summed E-state index contributed by atoms with van der Waals surface area (Å²) in [5, 5.41) is 8.44. The maximum absolute atomic E-state index is 13.3. The number of hydrogen-bond donors (Lipinski definition) is 2. The topological polar surface area (TPSA) is 63.3 Å². The van der Waals surface area contributed by atoms with Crippen LogP contribution in [0.4, 0.5) is 8.78 Å². The van der Waals surface area contributed by atoms with E-state index in [-0.39, 0.29) is 12.0 Å². The summed E-state index contributed by atoms with van der Waals surface area (Å²) in [6.07, 6.45) is 1.56. The first-order valence-corrected chi connectivity index (χ1v) is 5.43. The van der Waals surface area contributed by atoms with Crippen LogP contribution >= 0.6 is 0 Å². The highest BCUT2D eigenvalue weighted by atomic mass is 19.1. The lowest BCUT2D eigenvalue weighted by molar-refractivity contribution is -0.137. The number of benzene rings is 1. The fourth-order valence-corrected chi connectivity index (χ4v) is 1.59. The molecule has 0 aliphatic heterocycles. The van der Waals surface area contributed by atoms with Gasteiger partial charge >= 0.3 is 5.97 Å². The van der Waals surface area contributed by atoms with Gasteiger partial charge in [0.05, 0.1) is 0 Å². The van der Waals surface area contributed by atoms with Gasteiger partial charge in [-0.1, -0.05) is 6.42 Å². The molecule has 0 aliphatic rings. The van der Waals surface area contributed by atoms with Crippen molar-refractivity contribution in [1.82, 2.24) is 0 Å². The quantitative estimate of drug-likeness (QED) is 0.755. The SMILES string of the molecule is NC(CCCCC(=O)O)c1cc(F)ccc1F. The Balaban J connectivity index is 2.49. The van der Waals surface area contributed by atoms with Crippen molar-refractivity contribution in [3.63, 3.8) is 0 Å². The molecule has 0 spiro atoms. The largest absolute Gasteiger partial charge is 0.481 e. The van der Waals surface area contributed by atoms with Gasteiger partial charge in [0.25, 0.3) is 0 Å². The minimum atomic E-state index is -0.865. The van der Waals surface area contributed by atoms with E-state index in [4.69, 9.17) is 10.8 Å². The number of aliphatic carboxylic acids is 1. The Morgan fingerprint density at radius 2 is 2.06 bits per heavy atom. The van der Waals surface area contributed by atoms with Gasteiger partial charge in [-0.3, -0.25) is 4.79 Å². The molecule has 1 unspecified atom stereocenters. The van der Waals surface area contributed by atoms with E-state index in [1.54, 1.807) is 0 Å². The second-order valence-electron chi connectivity index (χ2n) is 3.91. The number of carbonyl (C=O) groups is 1. The average Bonchev–Trinajstić information content (AvgIpc) is 2.27. The minimum Gasteiger partial charge on any atom is -0.481 e. The number of nitrogens with two attached hydrogens (primary N) is 1. The molecule has 1 atom stereocenters. The fraction of sp³-hybridized carbons (Fsp3) is 0.417. The van der Waals surface area contributed by atoms with Crippen molar-refractivity contribution < 1.29 is 18.7 Å². The highest BCUT2D eigenvalue weighted by molar-refractivity contribution is 5.66. The number of rotatable bonds is 6. The van der Waals surface area contributed by atoms with Gasteiger partial charge in [0.1, 0.15) is 11.6 Å². The smallest absolute Gasteiger partial charge is 0.303 e. The summed E-state index contributed by atoms with van der Waals surface area (Å²) in [5.41, 5.74) is 5.87. The molecule has 3 nitrogen and oxygen atoms in total. The molecular formula is C12H15F2NO2. The average molecular weight is 243 g/mol. The molecule has 1 rings (SSSR count). The Hall–Kier alpha value is -1.49. The van der Waals surface area contributed by atoms with Crippen LogP contribution in [0.3, 0.4) is 0 Å². The van der Waals surface area contributed by atoms with Gasteiger partial charge in [-0.05, 0) is 31.0 Å². The van der Waals surface area contributed by atoms with Crippen molar-refractivity contribution in [2.75, 3.05) is 0 Å². The summed E-state index contributed by atoms with van der Waals surface area (Å²) in [6, 6.07) is 2.56. The Bertz CT molecular complexity index is 396. The van der Waals surface area contributed by atoms with E-state index >= 15 is 0 Å². The molecule has 0 heterocycles. The van der Waals surface area contributed by atoms with E-state index in [1.807, 2.05) is 0 Å². The molecule has 17 heavy (non-hydrogen) atoms. The molecule has 0 amide bonds. The predicted octanol–water partition coefficient (Wildman–Crippen LogP) is 2.61. The number of unbranched alkanes of at least 4 members (excludes halogenated alkanes) is 1. The summed E-state index contributed by atoms with van der Waals surface area (Å²) in [5.74, 6) is -1.92. The molecule has 5 heteroatoms. The molecule has 0 bridgehead atoms. The van der Waals surface area contributed by atoms with Crippen molar-refractivity contribution in [3.8, 4) is 0 Å². The first-order valence-electron chi connectivity index (χ1n) is 5.43. The number of carboxylic acid groups (broad SMARTS) is 1. The van der Waals surface area contributed by atoms with Crippen LogP contribution in [0, 0.1) is 11.6 Å². The van der Waals surface area contributed by atoms with Gasteiger partial charge < -0.3 is 10.8 Å². The van der Waals surface area contributed by atoms with Crippen LogP contribution in [0.15, 0.2) is 18.2 Å². The Kier molecular flexibility index (Phi) is 5.03. The Morgan fingerprint density at radius 1 is 1.35 bits per heavy atom. The summed E-state index contributed by atoms with van der Waals surface area (Å²) >= 11 is 0. The second kappa shape index (κ2) is 6.30. The zero-order valence-corrected chi connectivity index (χ0v) is 9.33. The van der Waals surface area contributed by atoms with Crippen molar-refractivity contribution in [2.24, 2.45) is 5.73 Å². The van der Waals surface area contributed by atoms with E-state index in [9.17, 15) is 13.6 Å². The lowest BCUT2D eigenvalue weighted by Gasteiger charge is -2.12. The van der Waals surface area contributed by atoms with Crippen LogP contribution in [0.1, 0.15) is 37.3 Å². The van der Waals surface area contributed by atoms with Gasteiger partial charge in [0.2, 0.25) is 0 Å². The van der Waals surface area contributed by atoms with E-state index in [1.165, 1.54) is 0 Å². The number of carboxylic acids is 1. The zero-order valence-electron chi connectivity index (χ0n) is 9.33. The molecule has 1 aromatic rings. The van der Waals surface area contributed by atoms with E-state index in [0.29, 0.717) is 19.3 Å². The van der Waals surface area contributed by atoms with Gasteiger partial charge in [-0.15, -0.1) is 0 Å². The highest BCUT2D eigenvalue weighted by Gasteiger charge is 2.12. The molecule has 0 aromatic heterocycles. The monoisotopic (exact) mass is 243 g/mol. The third-order valence-electron chi connectivity index (χ3n) is 2.51. The molecule has 0 saturated carbocycles. The standard InChI is InChI=1S/C12H15F2NO2/c13-8-5-6-10(14)9(7-8)11(15)3-1-2-4-12(16)17/h5-7,11H,1-4,15H2,(H,16,17). The van der Waals surface area contributed by atoms with Crippen LogP contribution in [-0.4, -0.2) is 11.1 Å². The van der Waals surface area contributed by atoms with Gasteiger partial charge in [0.15, 0.2) is 0 Å². The van der Waals surface area contributed by atoms with Crippen LogP contribution in [-0.2, 0) is 4.79 Å². The van der Waals surface area contributed by atoms with Crippen molar-refractivity contribution in [2.45, 2.75) is 31.7 Å². The van der Waals surface area contributed by atoms with Crippen molar-refractivity contribution in [3.05, 3.63) is 35.4 Å². The van der Waals surface area contributed by atoms with E-state index in [2.05, 4.69) is 0 Å². The normalized spacial score (nSPS) is 12.4. The van der Waals surface area contributed by atoms with Crippen LogP contribution in [0.2, 0.25) is 0 Å². The summed E-state index contributed by atoms with van der Waals surface area (Å²) in [6.45, 7) is 0. The predicted molar refractivity (Wildman–Crippen MR) is 59.4 cm³/mol. The van der Waals surface area contributed by atoms with Gasteiger partial charge in [-0.2, -0.15) is 0 Å². The lowest BCUT2D eigenvalue weighted by Crippen LogP contribution is -2.12. The molecular weight excluding hydrogens is 228 g/mol. The van der Waals surface area contributed by atoms with Crippen LogP contribution in [0.5, 0.6) is 0 Å². The first-order chi connectivity index (χ1) is 8.00. The maximum atomic E-state index is 13.3. The van der Waals surface area contributed by atoms with E-state index in [0.717, 1.165) is 18.2 Å². The van der Waals surface area contributed by atoms with E-state index < -0.39 is 23.6 Å². The summed E-state index contributed by atoms with van der Waals surface area (Å²) in [7, 11) is 0. The molecule has 1 aromatic carbocycles. The van der Waals surface area contributed by atoms with Crippen LogP contribution < -0.4 is 5.73 Å². The summed E-state index contributed by atoms with van der Waals surface area (Å²) < 4.78 is 26.2. The van der Waals surface area contributed by atoms with Crippen molar-refractivity contribution >= 4 is 5.97 Å². The molecule has 0 saturated heterocycles.